The van der Waals surface area contributed by atoms with Crippen LogP contribution in [0.4, 0.5) is 0 Å². The van der Waals surface area contributed by atoms with Gasteiger partial charge in [-0.1, -0.05) is 72.8 Å². The zero-order valence-corrected chi connectivity index (χ0v) is 20.8. The fourth-order valence-corrected chi connectivity index (χ4v) is 5.66. The minimum Gasteiger partial charge on any atom is -0.311 e. The molecule has 0 amide bonds. The Labute approximate surface area is 213 Å². The molecule has 0 saturated carbocycles. The average Bonchev–Trinajstić information content (AvgIpc) is 3.21. The lowest BCUT2D eigenvalue weighted by atomic mass is 9.82. The van der Waals surface area contributed by atoms with Gasteiger partial charge >= 0.3 is 0 Å². The molecular weight excluding hydrogens is 462 g/mol. The lowest BCUT2D eigenvalue weighted by molar-refractivity contribution is 0.836. The lowest BCUT2D eigenvalue weighted by Crippen LogP contribution is -2.27. The summed E-state index contributed by atoms with van der Waals surface area (Å²) in [5, 5.41) is 0. The van der Waals surface area contributed by atoms with Crippen LogP contribution >= 0.6 is 0 Å². The van der Waals surface area contributed by atoms with Crippen molar-refractivity contribution in [2.45, 2.75) is 5.92 Å². The van der Waals surface area contributed by atoms with Gasteiger partial charge < -0.3 is 13.7 Å². The number of hydrogen-bond donors (Lipinski definition) is 0. The van der Waals surface area contributed by atoms with Gasteiger partial charge in [0, 0.05) is 54.5 Å². The number of rotatable bonds is 3. The average molecular weight is 488 g/mol. The van der Waals surface area contributed by atoms with Gasteiger partial charge in [-0.15, -0.1) is 0 Å². The highest BCUT2D eigenvalue weighted by Crippen LogP contribution is 2.42. The molecule has 0 bridgehead atoms. The van der Waals surface area contributed by atoms with Gasteiger partial charge in [0.25, 0.3) is 16.7 Å². The lowest BCUT2D eigenvalue weighted by Gasteiger charge is -2.16. The molecule has 3 heterocycles. The second-order valence-electron chi connectivity index (χ2n) is 9.40. The first kappa shape index (κ1) is 22.7. The van der Waals surface area contributed by atoms with Crippen molar-refractivity contribution in [2.24, 2.45) is 21.1 Å². The van der Waals surface area contributed by atoms with Gasteiger partial charge in [0.2, 0.25) is 0 Å². The summed E-state index contributed by atoms with van der Waals surface area (Å²) < 4.78 is 4.80. The van der Waals surface area contributed by atoms with Crippen molar-refractivity contribution in [3.05, 3.63) is 139 Å². The summed E-state index contributed by atoms with van der Waals surface area (Å²) in [5.74, 6) is -0.865. The summed E-state index contributed by atoms with van der Waals surface area (Å²) in [5.41, 5.74) is 5.01. The zero-order chi connectivity index (χ0) is 25.8. The van der Waals surface area contributed by atoms with Crippen LogP contribution in [0, 0.1) is 0 Å². The Morgan fingerprint density at radius 2 is 0.703 bits per heavy atom. The zero-order valence-electron chi connectivity index (χ0n) is 20.8. The van der Waals surface area contributed by atoms with E-state index in [1.54, 1.807) is 34.8 Å². The SMILES string of the molecule is Cn1c2cccccc-2c(C(c2c3cccccc-3n(C)c2=O)c2c3cccccc-3n(C)c2=O)c1=O. The first-order valence-electron chi connectivity index (χ1n) is 12.1. The molecule has 6 nitrogen and oxygen atoms in total. The number of nitrogens with zero attached hydrogens (tertiary/aromatic N) is 3. The van der Waals surface area contributed by atoms with Gasteiger partial charge in [0.15, 0.2) is 0 Å². The van der Waals surface area contributed by atoms with E-state index in [1.165, 1.54) is 0 Å². The standard InChI is InChI=1S/C31H25N3O3/c1-32-22-16-10-4-7-13-19(22)25(29(32)35)28(26-20-14-8-5-11-17-23(20)33(2)30(26)36)27-21-15-9-6-12-18-24(21)34(3)31(27)37/h4-18,28H,1-3H3. The summed E-state index contributed by atoms with van der Waals surface area (Å²) in [6.07, 6.45) is 0. The van der Waals surface area contributed by atoms with E-state index in [0.717, 1.165) is 33.8 Å². The van der Waals surface area contributed by atoms with Crippen molar-refractivity contribution in [1.29, 1.82) is 0 Å². The molecule has 0 fully saturated rings. The van der Waals surface area contributed by atoms with Crippen LogP contribution in [0.1, 0.15) is 22.6 Å². The Morgan fingerprint density at radius 1 is 0.432 bits per heavy atom. The van der Waals surface area contributed by atoms with E-state index in [-0.39, 0.29) is 16.7 Å². The van der Waals surface area contributed by atoms with Crippen LogP contribution in [0.25, 0.3) is 33.8 Å². The quantitative estimate of drug-likeness (QED) is 0.374. The fourth-order valence-electron chi connectivity index (χ4n) is 5.66. The first-order valence-corrected chi connectivity index (χ1v) is 12.1. The predicted octanol–water partition coefficient (Wildman–Crippen LogP) is 4.28. The highest BCUT2D eigenvalue weighted by atomic mass is 16.1. The van der Waals surface area contributed by atoms with Gasteiger partial charge in [-0.3, -0.25) is 14.4 Å². The fraction of sp³-hybridized carbons (Fsp3) is 0.129. The Kier molecular flexibility index (Phi) is 5.19. The van der Waals surface area contributed by atoms with E-state index in [1.807, 2.05) is 91.0 Å². The molecule has 0 atom stereocenters. The topological polar surface area (TPSA) is 66.0 Å². The smallest absolute Gasteiger partial charge is 0.255 e. The second kappa shape index (κ2) is 8.45. The Balaban J connectivity index is 1.83. The maximum atomic E-state index is 14.0. The molecule has 6 rings (SSSR count). The van der Waals surface area contributed by atoms with Crippen molar-refractivity contribution in [2.75, 3.05) is 0 Å². The van der Waals surface area contributed by atoms with E-state index in [2.05, 4.69) is 0 Å². The molecule has 0 unspecified atom stereocenters. The molecule has 3 aliphatic carbocycles. The van der Waals surface area contributed by atoms with E-state index < -0.39 is 5.92 Å². The first-order chi connectivity index (χ1) is 17.9. The molecule has 0 aromatic rings. The van der Waals surface area contributed by atoms with Crippen molar-refractivity contribution < 1.29 is 0 Å². The Morgan fingerprint density at radius 3 is 1.00 bits per heavy atom. The molecule has 182 valence electrons. The number of hydrogen-bond acceptors (Lipinski definition) is 3. The maximum absolute atomic E-state index is 14.0. The Bertz CT molecular complexity index is 1670. The third kappa shape index (κ3) is 3.22. The van der Waals surface area contributed by atoms with Crippen LogP contribution in [-0.2, 0) is 21.1 Å². The van der Waals surface area contributed by atoms with Crippen molar-refractivity contribution in [1.82, 2.24) is 13.7 Å². The van der Waals surface area contributed by atoms with Crippen molar-refractivity contribution in [3.8, 4) is 33.8 Å². The molecule has 0 aromatic heterocycles. The molecule has 0 radical (unpaired) electrons. The summed E-state index contributed by atoms with van der Waals surface area (Å²) >= 11 is 0. The van der Waals surface area contributed by atoms with Crippen LogP contribution in [0.5, 0.6) is 0 Å². The summed E-state index contributed by atoms with van der Waals surface area (Å²) in [7, 11) is 5.19. The normalized spacial score (nSPS) is 11.7. The van der Waals surface area contributed by atoms with Gasteiger partial charge in [0.05, 0.1) is 23.0 Å². The number of fused-ring (bicyclic) bond motifs is 3. The van der Waals surface area contributed by atoms with Gasteiger partial charge in [0.1, 0.15) is 0 Å². The molecule has 0 spiro atoms. The monoisotopic (exact) mass is 487 g/mol. The third-order valence-electron chi connectivity index (χ3n) is 7.47. The van der Waals surface area contributed by atoms with Crippen LogP contribution in [0.3, 0.4) is 0 Å². The summed E-state index contributed by atoms with van der Waals surface area (Å²) in [6.45, 7) is 0. The molecule has 0 saturated heterocycles. The second-order valence-corrected chi connectivity index (χ2v) is 9.40. The highest BCUT2D eigenvalue weighted by Gasteiger charge is 2.37. The Hall–Kier alpha value is -4.71. The maximum Gasteiger partial charge on any atom is 0.255 e. The predicted molar refractivity (Wildman–Crippen MR) is 146 cm³/mol. The largest absolute Gasteiger partial charge is 0.311 e. The molecule has 6 aliphatic rings. The van der Waals surface area contributed by atoms with Crippen LogP contribution < -0.4 is 16.7 Å². The minimum absolute atomic E-state index is 0.223. The van der Waals surface area contributed by atoms with Gasteiger partial charge in [-0.05, 0) is 18.2 Å². The third-order valence-corrected chi connectivity index (χ3v) is 7.47. The molecule has 3 aliphatic heterocycles. The van der Waals surface area contributed by atoms with Crippen LogP contribution in [0.2, 0.25) is 0 Å². The molecule has 0 aromatic carbocycles. The minimum atomic E-state index is -0.865. The van der Waals surface area contributed by atoms with E-state index in [9.17, 15) is 14.4 Å². The molecular formula is C31H25N3O3. The highest BCUT2D eigenvalue weighted by molar-refractivity contribution is 5.78. The summed E-state index contributed by atoms with van der Waals surface area (Å²) in [4.78, 5) is 41.9. The van der Waals surface area contributed by atoms with Crippen LogP contribution in [0.15, 0.2) is 105 Å². The molecule has 37 heavy (non-hydrogen) atoms. The van der Waals surface area contributed by atoms with Crippen molar-refractivity contribution in [3.63, 3.8) is 0 Å². The van der Waals surface area contributed by atoms with E-state index in [4.69, 9.17) is 0 Å². The molecule has 0 N–H and O–H groups in total. The van der Waals surface area contributed by atoms with Crippen molar-refractivity contribution >= 4 is 0 Å². The van der Waals surface area contributed by atoms with E-state index >= 15 is 0 Å². The molecule has 6 heteroatoms. The summed E-state index contributed by atoms with van der Waals surface area (Å²) in [6, 6.07) is 28.3. The number of aromatic nitrogens is 3. The van der Waals surface area contributed by atoms with Gasteiger partial charge in [-0.25, -0.2) is 0 Å². The van der Waals surface area contributed by atoms with Gasteiger partial charge in [-0.2, -0.15) is 0 Å². The van der Waals surface area contributed by atoms with Crippen LogP contribution in [-0.4, -0.2) is 13.7 Å². The van der Waals surface area contributed by atoms with E-state index in [0.29, 0.717) is 16.7 Å².